The number of hydrogen-bond donors (Lipinski definition) is 2. The summed E-state index contributed by atoms with van der Waals surface area (Å²) in [5.41, 5.74) is -0.562. The molecule has 2 rings (SSSR count). The molecular formula is C14H27NO3. The fourth-order valence-corrected chi connectivity index (χ4v) is 2.81. The molecule has 2 aliphatic heterocycles. The van der Waals surface area contributed by atoms with Gasteiger partial charge in [0.1, 0.15) is 0 Å². The highest BCUT2D eigenvalue weighted by Crippen LogP contribution is 2.28. The lowest BCUT2D eigenvalue weighted by Crippen LogP contribution is -2.51. The molecule has 2 unspecified atom stereocenters. The van der Waals surface area contributed by atoms with E-state index in [-0.39, 0.29) is 5.60 Å². The molecule has 0 saturated carbocycles. The lowest BCUT2D eigenvalue weighted by molar-refractivity contribution is -0.0882. The van der Waals surface area contributed by atoms with Crippen LogP contribution in [0, 0.1) is 0 Å². The third-order valence-electron chi connectivity index (χ3n) is 4.49. The van der Waals surface area contributed by atoms with E-state index in [9.17, 15) is 5.11 Å². The van der Waals surface area contributed by atoms with Gasteiger partial charge < -0.3 is 19.9 Å². The van der Waals surface area contributed by atoms with Crippen molar-refractivity contribution in [1.29, 1.82) is 0 Å². The molecular weight excluding hydrogens is 230 g/mol. The molecule has 0 aromatic heterocycles. The predicted molar refractivity (Wildman–Crippen MR) is 70.7 cm³/mol. The van der Waals surface area contributed by atoms with Gasteiger partial charge in [0.2, 0.25) is 0 Å². The standard InChI is InChI=1S/C14H27NO3/c1-3-13(2)10-12(4-7-18-13)15-11-14(16)5-8-17-9-6-14/h12,15-16H,3-11H2,1-2H3. The van der Waals surface area contributed by atoms with Crippen LogP contribution in [0.2, 0.25) is 0 Å². The molecule has 106 valence electrons. The van der Waals surface area contributed by atoms with Gasteiger partial charge in [-0.05, 0) is 26.2 Å². The maximum absolute atomic E-state index is 10.4. The first kappa shape index (κ1) is 14.3. The van der Waals surface area contributed by atoms with Gasteiger partial charge in [0, 0.05) is 45.2 Å². The van der Waals surface area contributed by atoms with Crippen molar-refractivity contribution in [2.45, 2.75) is 63.2 Å². The van der Waals surface area contributed by atoms with Crippen molar-refractivity contribution in [3.63, 3.8) is 0 Å². The van der Waals surface area contributed by atoms with Crippen LogP contribution in [0.25, 0.3) is 0 Å². The monoisotopic (exact) mass is 257 g/mol. The minimum Gasteiger partial charge on any atom is -0.388 e. The van der Waals surface area contributed by atoms with E-state index in [1.165, 1.54) is 0 Å². The van der Waals surface area contributed by atoms with E-state index >= 15 is 0 Å². The van der Waals surface area contributed by atoms with Gasteiger partial charge in [-0.1, -0.05) is 6.92 Å². The minimum atomic E-state index is -0.570. The zero-order chi connectivity index (χ0) is 13.1. The molecule has 2 atom stereocenters. The smallest absolute Gasteiger partial charge is 0.0815 e. The molecule has 18 heavy (non-hydrogen) atoms. The van der Waals surface area contributed by atoms with Crippen LogP contribution in [-0.4, -0.2) is 48.7 Å². The van der Waals surface area contributed by atoms with Crippen LogP contribution in [0.4, 0.5) is 0 Å². The molecule has 2 saturated heterocycles. The van der Waals surface area contributed by atoms with Crippen LogP contribution in [0.1, 0.15) is 46.0 Å². The molecule has 2 N–H and O–H groups in total. The summed E-state index contributed by atoms with van der Waals surface area (Å²) in [6.07, 6.45) is 4.62. The van der Waals surface area contributed by atoms with E-state index in [4.69, 9.17) is 9.47 Å². The predicted octanol–water partition coefficient (Wildman–Crippen LogP) is 1.47. The van der Waals surface area contributed by atoms with Crippen LogP contribution in [0.5, 0.6) is 0 Å². The van der Waals surface area contributed by atoms with Gasteiger partial charge in [-0.25, -0.2) is 0 Å². The quantitative estimate of drug-likeness (QED) is 0.800. The summed E-state index contributed by atoms with van der Waals surface area (Å²) < 4.78 is 11.1. The average Bonchev–Trinajstić information content (AvgIpc) is 2.38. The summed E-state index contributed by atoms with van der Waals surface area (Å²) in [7, 11) is 0. The van der Waals surface area contributed by atoms with E-state index in [1.807, 2.05) is 0 Å². The number of ether oxygens (including phenoxy) is 2. The molecule has 0 spiro atoms. The summed E-state index contributed by atoms with van der Waals surface area (Å²) in [6, 6.07) is 0.468. The van der Waals surface area contributed by atoms with Crippen LogP contribution in [-0.2, 0) is 9.47 Å². The molecule has 4 nitrogen and oxygen atoms in total. The Labute approximate surface area is 110 Å². The number of nitrogens with one attached hydrogen (secondary N) is 1. The van der Waals surface area contributed by atoms with Crippen molar-refractivity contribution >= 4 is 0 Å². The first-order valence-electron chi connectivity index (χ1n) is 7.23. The summed E-state index contributed by atoms with van der Waals surface area (Å²) in [6.45, 7) is 7.22. The number of aliphatic hydroxyl groups is 1. The Bertz CT molecular complexity index is 266. The van der Waals surface area contributed by atoms with Crippen LogP contribution in [0.15, 0.2) is 0 Å². The van der Waals surface area contributed by atoms with Crippen molar-refractivity contribution in [2.75, 3.05) is 26.4 Å². The molecule has 2 fully saturated rings. The average molecular weight is 257 g/mol. The van der Waals surface area contributed by atoms with E-state index in [1.54, 1.807) is 0 Å². The highest BCUT2D eigenvalue weighted by molar-refractivity contribution is 4.89. The first-order chi connectivity index (χ1) is 8.55. The van der Waals surface area contributed by atoms with Gasteiger partial charge in [-0.3, -0.25) is 0 Å². The van der Waals surface area contributed by atoms with Gasteiger partial charge in [0.25, 0.3) is 0 Å². The highest BCUT2D eigenvalue weighted by atomic mass is 16.5. The van der Waals surface area contributed by atoms with Crippen molar-refractivity contribution in [1.82, 2.24) is 5.32 Å². The zero-order valence-electron chi connectivity index (χ0n) is 11.7. The molecule has 4 heteroatoms. The minimum absolute atomic E-state index is 0.00815. The first-order valence-corrected chi connectivity index (χ1v) is 7.23. The molecule has 0 aromatic rings. The molecule has 0 aromatic carbocycles. The Morgan fingerprint density at radius 2 is 2.00 bits per heavy atom. The fraction of sp³-hybridized carbons (Fsp3) is 1.00. The maximum atomic E-state index is 10.4. The van der Waals surface area contributed by atoms with Crippen molar-refractivity contribution in [3.05, 3.63) is 0 Å². The van der Waals surface area contributed by atoms with Crippen molar-refractivity contribution < 1.29 is 14.6 Å². The van der Waals surface area contributed by atoms with Gasteiger partial charge in [-0.15, -0.1) is 0 Å². The third-order valence-corrected chi connectivity index (χ3v) is 4.49. The van der Waals surface area contributed by atoms with Crippen LogP contribution in [0.3, 0.4) is 0 Å². The fourth-order valence-electron chi connectivity index (χ4n) is 2.81. The number of rotatable bonds is 4. The molecule has 0 radical (unpaired) electrons. The largest absolute Gasteiger partial charge is 0.388 e. The van der Waals surface area contributed by atoms with Crippen LogP contribution < -0.4 is 5.32 Å². The SMILES string of the molecule is CCC1(C)CC(NCC2(O)CCOCC2)CCO1. The normalized spacial score (nSPS) is 36.5. The van der Waals surface area contributed by atoms with Crippen LogP contribution >= 0.6 is 0 Å². The highest BCUT2D eigenvalue weighted by Gasteiger charge is 2.34. The van der Waals surface area contributed by atoms with Gasteiger partial charge in [0.15, 0.2) is 0 Å². The van der Waals surface area contributed by atoms with E-state index in [0.717, 1.165) is 38.7 Å². The number of hydrogen-bond acceptors (Lipinski definition) is 4. The van der Waals surface area contributed by atoms with Gasteiger partial charge in [-0.2, -0.15) is 0 Å². The second-order valence-electron chi connectivity index (χ2n) is 6.06. The Morgan fingerprint density at radius 1 is 1.28 bits per heavy atom. The lowest BCUT2D eigenvalue weighted by atomic mass is 9.88. The van der Waals surface area contributed by atoms with E-state index in [0.29, 0.717) is 25.8 Å². The molecule has 0 bridgehead atoms. The molecule has 0 amide bonds. The van der Waals surface area contributed by atoms with E-state index in [2.05, 4.69) is 19.2 Å². The van der Waals surface area contributed by atoms with Gasteiger partial charge >= 0.3 is 0 Å². The third kappa shape index (κ3) is 3.67. The summed E-state index contributed by atoms with van der Waals surface area (Å²) in [4.78, 5) is 0. The molecule has 2 aliphatic rings. The maximum Gasteiger partial charge on any atom is 0.0815 e. The molecule has 2 heterocycles. The Morgan fingerprint density at radius 3 is 2.67 bits per heavy atom. The Hall–Kier alpha value is -0.160. The second kappa shape index (κ2) is 5.87. The zero-order valence-corrected chi connectivity index (χ0v) is 11.7. The summed E-state index contributed by atoms with van der Waals surface area (Å²) >= 11 is 0. The van der Waals surface area contributed by atoms with Gasteiger partial charge in [0.05, 0.1) is 11.2 Å². The summed E-state index contributed by atoms with van der Waals surface area (Å²) in [5, 5.41) is 14.0. The lowest BCUT2D eigenvalue weighted by Gasteiger charge is -2.40. The Balaban J connectivity index is 1.79. The second-order valence-corrected chi connectivity index (χ2v) is 6.06. The topological polar surface area (TPSA) is 50.7 Å². The summed E-state index contributed by atoms with van der Waals surface area (Å²) in [5.74, 6) is 0. The van der Waals surface area contributed by atoms with E-state index < -0.39 is 5.60 Å². The van der Waals surface area contributed by atoms with Crippen molar-refractivity contribution in [3.8, 4) is 0 Å². The van der Waals surface area contributed by atoms with Crippen molar-refractivity contribution in [2.24, 2.45) is 0 Å². The Kier molecular flexibility index (Phi) is 4.64. The molecule has 0 aliphatic carbocycles.